The third kappa shape index (κ3) is 3.13. The lowest BCUT2D eigenvalue weighted by molar-refractivity contribution is 0.311. The molecule has 1 aromatic carbocycles. The molecular formula is C16H20N4O. The predicted molar refractivity (Wildman–Crippen MR) is 83.7 cm³/mol. The Morgan fingerprint density at radius 1 is 1.10 bits per heavy atom. The van der Waals surface area contributed by atoms with E-state index in [-0.39, 0.29) is 0 Å². The molecule has 2 aromatic rings. The van der Waals surface area contributed by atoms with Crippen LogP contribution < -0.4 is 9.64 Å². The third-order valence-corrected chi connectivity index (χ3v) is 3.79. The molecule has 1 aliphatic rings. The lowest BCUT2D eigenvalue weighted by Gasteiger charge is -2.32. The highest BCUT2D eigenvalue weighted by Crippen LogP contribution is 2.23. The minimum absolute atomic E-state index is 0.809. The molecule has 0 N–H and O–H groups in total. The second-order valence-electron chi connectivity index (χ2n) is 5.26. The Kier molecular flexibility index (Phi) is 4.01. The number of likely N-dealkylation sites (N-methyl/N-ethyl adjacent to an activating group) is 1. The smallest absolute Gasteiger partial charge is 0.225 e. The van der Waals surface area contributed by atoms with E-state index in [0.29, 0.717) is 0 Å². The fourth-order valence-corrected chi connectivity index (χ4v) is 2.45. The molecule has 2 heterocycles. The molecule has 1 aromatic heterocycles. The van der Waals surface area contributed by atoms with Crippen LogP contribution >= 0.6 is 0 Å². The van der Waals surface area contributed by atoms with Gasteiger partial charge in [-0.25, -0.2) is 9.97 Å². The molecule has 1 aliphatic heterocycles. The Bertz CT molecular complexity index is 609. The summed E-state index contributed by atoms with van der Waals surface area (Å²) in [6.45, 7) is 4.04. The molecule has 1 saturated heterocycles. The Balaban J connectivity index is 1.85. The standard InChI is InChI=1S/C16H20N4O/c1-19-8-10-20(11-9-19)16-17-7-6-15(18-16)13-4-3-5-14(12-13)21-2/h3-7,12H,8-11H2,1-2H3. The van der Waals surface area contributed by atoms with Gasteiger partial charge in [0.25, 0.3) is 0 Å². The topological polar surface area (TPSA) is 41.5 Å². The van der Waals surface area contributed by atoms with Crippen molar-refractivity contribution in [3.8, 4) is 17.0 Å². The first kappa shape index (κ1) is 13.8. The molecule has 0 saturated carbocycles. The summed E-state index contributed by atoms with van der Waals surface area (Å²) in [6.07, 6.45) is 1.83. The molecule has 0 amide bonds. The zero-order valence-electron chi connectivity index (χ0n) is 12.5. The number of rotatable bonds is 3. The number of methoxy groups -OCH3 is 1. The van der Waals surface area contributed by atoms with Crippen LogP contribution in [-0.2, 0) is 0 Å². The van der Waals surface area contributed by atoms with E-state index in [0.717, 1.165) is 49.1 Å². The maximum Gasteiger partial charge on any atom is 0.225 e. The van der Waals surface area contributed by atoms with Crippen LogP contribution in [0.1, 0.15) is 0 Å². The molecular weight excluding hydrogens is 264 g/mol. The van der Waals surface area contributed by atoms with Crippen molar-refractivity contribution < 1.29 is 4.74 Å². The number of nitrogens with zero attached hydrogens (tertiary/aromatic N) is 4. The molecule has 0 unspecified atom stereocenters. The minimum Gasteiger partial charge on any atom is -0.497 e. The normalized spacial score (nSPS) is 16.0. The second kappa shape index (κ2) is 6.10. The molecule has 0 atom stereocenters. The van der Waals surface area contributed by atoms with E-state index in [2.05, 4.69) is 21.8 Å². The number of hydrogen-bond acceptors (Lipinski definition) is 5. The van der Waals surface area contributed by atoms with E-state index >= 15 is 0 Å². The van der Waals surface area contributed by atoms with Crippen molar-refractivity contribution in [1.82, 2.24) is 14.9 Å². The molecule has 0 radical (unpaired) electrons. The van der Waals surface area contributed by atoms with Crippen molar-refractivity contribution in [2.75, 3.05) is 45.2 Å². The van der Waals surface area contributed by atoms with Crippen LogP contribution in [0.5, 0.6) is 5.75 Å². The predicted octanol–water partition coefficient (Wildman–Crippen LogP) is 1.90. The first-order chi connectivity index (χ1) is 10.3. The third-order valence-electron chi connectivity index (χ3n) is 3.79. The SMILES string of the molecule is COc1cccc(-c2ccnc(N3CCN(C)CC3)n2)c1. The average molecular weight is 284 g/mol. The second-order valence-corrected chi connectivity index (χ2v) is 5.26. The van der Waals surface area contributed by atoms with Gasteiger partial charge >= 0.3 is 0 Å². The highest BCUT2D eigenvalue weighted by Gasteiger charge is 2.16. The van der Waals surface area contributed by atoms with Crippen LogP contribution in [0, 0.1) is 0 Å². The van der Waals surface area contributed by atoms with Gasteiger partial charge in [0.15, 0.2) is 0 Å². The lowest BCUT2D eigenvalue weighted by atomic mass is 10.1. The van der Waals surface area contributed by atoms with Gasteiger partial charge in [0.2, 0.25) is 5.95 Å². The zero-order chi connectivity index (χ0) is 14.7. The van der Waals surface area contributed by atoms with E-state index in [9.17, 15) is 0 Å². The quantitative estimate of drug-likeness (QED) is 0.861. The largest absolute Gasteiger partial charge is 0.497 e. The summed E-state index contributed by atoms with van der Waals surface area (Å²) in [7, 11) is 3.82. The van der Waals surface area contributed by atoms with Gasteiger partial charge < -0.3 is 14.5 Å². The van der Waals surface area contributed by atoms with E-state index in [4.69, 9.17) is 9.72 Å². The van der Waals surface area contributed by atoms with Crippen LogP contribution in [0.15, 0.2) is 36.5 Å². The summed E-state index contributed by atoms with van der Waals surface area (Å²) in [6, 6.07) is 9.89. The van der Waals surface area contributed by atoms with Crippen molar-refractivity contribution in [3.05, 3.63) is 36.5 Å². The Morgan fingerprint density at radius 3 is 2.67 bits per heavy atom. The van der Waals surface area contributed by atoms with Crippen LogP contribution in [0.4, 0.5) is 5.95 Å². The van der Waals surface area contributed by atoms with E-state index < -0.39 is 0 Å². The molecule has 3 rings (SSSR count). The summed E-state index contributed by atoms with van der Waals surface area (Å²) in [5, 5.41) is 0. The maximum atomic E-state index is 5.28. The Labute approximate surface area is 125 Å². The Morgan fingerprint density at radius 2 is 1.90 bits per heavy atom. The van der Waals surface area contributed by atoms with Crippen LogP contribution in [0.3, 0.4) is 0 Å². The molecule has 5 heteroatoms. The highest BCUT2D eigenvalue weighted by atomic mass is 16.5. The van der Waals surface area contributed by atoms with Crippen molar-refractivity contribution in [1.29, 1.82) is 0 Å². The number of ether oxygens (including phenoxy) is 1. The summed E-state index contributed by atoms with van der Waals surface area (Å²) in [5.74, 6) is 1.65. The highest BCUT2D eigenvalue weighted by molar-refractivity contribution is 5.62. The number of anilines is 1. The van der Waals surface area contributed by atoms with Gasteiger partial charge in [-0.3, -0.25) is 0 Å². The van der Waals surface area contributed by atoms with Gasteiger partial charge in [0.05, 0.1) is 12.8 Å². The minimum atomic E-state index is 0.809. The lowest BCUT2D eigenvalue weighted by Crippen LogP contribution is -2.45. The van der Waals surface area contributed by atoms with Crippen LogP contribution in [0.2, 0.25) is 0 Å². The molecule has 1 fully saturated rings. The molecule has 21 heavy (non-hydrogen) atoms. The van der Waals surface area contributed by atoms with Crippen LogP contribution in [0.25, 0.3) is 11.3 Å². The number of piperazine rings is 1. The van der Waals surface area contributed by atoms with Crippen molar-refractivity contribution in [3.63, 3.8) is 0 Å². The van der Waals surface area contributed by atoms with Gasteiger partial charge in [-0.1, -0.05) is 12.1 Å². The fourth-order valence-electron chi connectivity index (χ4n) is 2.45. The average Bonchev–Trinajstić information content (AvgIpc) is 2.56. The van der Waals surface area contributed by atoms with Gasteiger partial charge in [-0.2, -0.15) is 0 Å². The van der Waals surface area contributed by atoms with Crippen LogP contribution in [-0.4, -0.2) is 55.2 Å². The summed E-state index contributed by atoms with van der Waals surface area (Å²) < 4.78 is 5.28. The molecule has 110 valence electrons. The van der Waals surface area contributed by atoms with E-state index in [1.165, 1.54) is 0 Å². The first-order valence-electron chi connectivity index (χ1n) is 7.17. The number of hydrogen-bond donors (Lipinski definition) is 0. The molecule has 0 spiro atoms. The molecule has 5 nitrogen and oxygen atoms in total. The Hall–Kier alpha value is -2.14. The van der Waals surface area contributed by atoms with Gasteiger partial charge in [-0.15, -0.1) is 0 Å². The van der Waals surface area contributed by atoms with Gasteiger partial charge in [0, 0.05) is 37.9 Å². The van der Waals surface area contributed by atoms with Crippen molar-refractivity contribution in [2.24, 2.45) is 0 Å². The molecule has 0 bridgehead atoms. The zero-order valence-corrected chi connectivity index (χ0v) is 12.5. The number of benzene rings is 1. The fraction of sp³-hybridized carbons (Fsp3) is 0.375. The van der Waals surface area contributed by atoms with E-state index in [1.807, 2.05) is 36.5 Å². The summed E-state index contributed by atoms with van der Waals surface area (Å²) in [4.78, 5) is 13.7. The monoisotopic (exact) mass is 284 g/mol. The molecule has 0 aliphatic carbocycles. The summed E-state index contributed by atoms with van der Waals surface area (Å²) >= 11 is 0. The number of aromatic nitrogens is 2. The van der Waals surface area contributed by atoms with Crippen molar-refractivity contribution >= 4 is 5.95 Å². The summed E-state index contributed by atoms with van der Waals surface area (Å²) in [5.41, 5.74) is 1.98. The van der Waals surface area contributed by atoms with E-state index in [1.54, 1.807) is 7.11 Å². The van der Waals surface area contributed by atoms with Crippen molar-refractivity contribution in [2.45, 2.75) is 0 Å². The van der Waals surface area contributed by atoms with Gasteiger partial charge in [-0.05, 0) is 25.2 Å². The van der Waals surface area contributed by atoms with Gasteiger partial charge in [0.1, 0.15) is 5.75 Å². The maximum absolute atomic E-state index is 5.28. The first-order valence-corrected chi connectivity index (χ1v) is 7.17.